The second-order valence-corrected chi connectivity index (χ2v) is 5.46. The average molecular weight is 368 g/mol. The zero-order valence-electron chi connectivity index (χ0n) is 14.7. The van der Waals surface area contributed by atoms with Crippen molar-refractivity contribution in [3.63, 3.8) is 0 Å². The molecule has 2 N–H and O–H groups in total. The number of hydrogen-bond acceptors (Lipinski definition) is 6. The van der Waals surface area contributed by atoms with Gasteiger partial charge in [0.1, 0.15) is 17.3 Å². The molecule has 0 aliphatic rings. The number of anilines is 3. The molecule has 0 aliphatic heterocycles. The third kappa shape index (κ3) is 4.49. The number of amides is 1. The maximum absolute atomic E-state index is 13.2. The number of rotatable bonds is 6. The SMILES string of the molecule is COc1ccc(Nc2ccc(C(=O)Nc3cccc(F)c3)nn2)c(OC)c1. The van der Waals surface area contributed by atoms with E-state index in [-0.39, 0.29) is 5.69 Å². The lowest BCUT2D eigenvalue weighted by Gasteiger charge is -2.11. The maximum Gasteiger partial charge on any atom is 0.276 e. The highest BCUT2D eigenvalue weighted by Crippen LogP contribution is 2.30. The standard InChI is InChI=1S/C19H17FN4O3/c1-26-14-6-7-15(17(11-14)27-2)22-18-9-8-16(23-24-18)19(25)21-13-5-3-4-12(20)10-13/h3-11H,1-2H3,(H,21,25)(H,22,24). The van der Waals surface area contributed by atoms with E-state index in [4.69, 9.17) is 9.47 Å². The molecule has 0 saturated heterocycles. The molecule has 0 saturated carbocycles. The quantitative estimate of drug-likeness (QED) is 0.691. The summed E-state index contributed by atoms with van der Waals surface area (Å²) in [5.74, 6) is 0.742. The molecule has 0 fully saturated rings. The summed E-state index contributed by atoms with van der Waals surface area (Å²) >= 11 is 0. The Morgan fingerprint density at radius 1 is 1.00 bits per heavy atom. The van der Waals surface area contributed by atoms with Gasteiger partial charge in [0.25, 0.3) is 5.91 Å². The number of halogens is 1. The van der Waals surface area contributed by atoms with Crippen LogP contribution in [0.4, 0.5) is 21.6 Å². The first kappa shape index (κ1) is 18.1. The van der Waals surface area contributed by atoms with Crippen molar-refractivity contribution in [2.45, 2.75) is 0 Å². The molecule has 138 valence electrons. The van der Waals surface area contributed by atoms with Gasteiger partial charge in [-0.3, -0.25) is 4.79 Å². The van der Waals surface area contributed by atoms with Crippen molar-refractivity contribution < 1.29 is 18.7 Å². The van der Waals surface area contributed by atoms with Crippen LogP contribution in [0.15, 0.2) is 54.6 Å². The van der Waals surface area contributed by atoms with Crippen LogP contribution in [0.3, 0.4) is 0 Å². The molecule has 1 heterocycles. The van der Waals surface area contributed by atoms with E-state index in [0.717, 1.165) is 0 Å². The molecule has 3 aromatic rings. The third-order valence-corrected chi connectivity index (χ3v) is 3.65. The van der Waals surface area contributed by atoms with Crippen molar-refractivity contribution >= 4 is 23.1 Å². The van der Waals surface area contributed by atoms with E-state index in [0.29, 0.717) is 28.7 Å². The van der Waals surface area contributed by atoms with Crippen LogP contribution in [0.1, 0.15) is 10.5 Å². The van der Waals surface area contributed by atoms with E-state index in [1.807, 2.05) is 0 Å². The number of aromatic nitrogens is 2. The highest BCUT2D eigenvalue weighted by atomic mass is 19.1. The lowest BCUT2D eigenvalue weighted by atomic mass is 10.2. The smallest absolute Gasteiger partial charge is 0.276 e. The molecule has 1 aromatic heterocycles. The number of carbonyl (C=O) groups is 1. The second kappa shape index (κ2) is 8.13. The van der Waals surface area contributed by atoms with Gasteiger partial charge < -0.3 is 20.1 Å². The van der Waals surface area contributed by atoms with Crippen LogP contribution >= 0.6 is 0 Å². The second-order valence-electron chi connectivity index (χ2n) is 5.46. The Bertz CT molecular complexity index is 948. The summed E-state index contributed by atoms with van der Waals surface area (Å²) in [5, 5.41) is 13.5. The first-order chi connectivity index (χ1) is 13.1. The summed E-state index contributed by atoms with van der Waals surface area (Å²) in [7, 11) is 3.12. The van der Waals surface area contributed by atoms with Crippen molar-refractivity contribution in [3.05, 3.63) is 66.1 Å². The summed E-state index contributed by atoms with van der Waals surface area (Å²) in [5.41, 5.74) is 1.11. The van der Waals surface area contributed by atoms with Crippen LogP contribution in [0.25, 0.3) is 0 Å². The van der Waals surface area contributed by atoms with Gasteiger partial charge in [-0.25, -0.2) is 4.39 Å². The van der Waals surface area contributed by atoms with Crippen molar-refractivity contribution in [3.8, 4) is 11.5 Å². The van der Waals surface area contributed by atoms with E-state index >= 15 is 0 Å². The summed E-state index contributed by atoms with van der Waals surface area (Å²) in [4.78, 5) is 12.2. The molecule has 0 bridgehead atoms. The van der Waals surface area contributed by atoms with Crippen molar-refractivity contribution in [2.24, 2.45) is 0 Å². The molecule has 0 spiro atoms. The molecule has 7 nitrogen and oxygen atoms in total. The minimum absolute atomic E-state index is 0.103. The van der Waals surface area contributed by atoms with Gasteiger partial charge in [-0.05, 0) is 42.5 Å². The zero-order valence-corrected chi connectivity index (χ0v) is 14.7. The summed E-state index contributed by atoms with van der Waals surface area (Å²) in [6.07, 6.45) is 0. The Labute approximate surface area is 155 Å². The predicted molar refractivity (Wildman–Crippen MR) is 99.2 cm³/mol. The highest BCUT2D eigenvalue weighted by molar-refractivity contribution is 6.02. The van der Waals surface area contributed by atoms with Crippen molar-refractivity contribution in [1.82, 2.24) is 10.2 Å². The fourth-order valence-electron chi connectivity index (χ4n) is 2.32. The van der Waals surface area contributed by atoms with E-state index in [1.165, 1.54) is 24.3 Å². The Hall–Kier alpha value is -3.68. The van der Waals surface area contributed by atoms with Crippen LogP contribution in [0.2, 0.25) is 0 Å². The fourth-order valence-corrected chi connectivity index (χ4v) is 2.32. The normalized spacial score (nSPS) is 10.2. The molecule has 0 radical (unpaired) electrons. The minimum atomic E-state index is -0.485. The summed E-state index contributed by atoms with van der Waals surface area (Å²) in [6.45, 7) is 0. The van der Waals surface area contributed by atoms with Gasteiger partial charge in [0.15, 0.2) is 11.5 Å². The van der Waals surface area contributed by atoms with Crippen LogP contribution in [-0.2, 0) is 0 Å². The fraction of sp³-hybridized carbons (Fsp3) is 0.105. The van der Waals surface area contributed by atoms with Gasteiger partial charge in [0, 0.05) is 11.8 Å². The van der Waals surface area contributed by atoms with Gasteiger partial charge in [-0.15, -0.1) is 10.2 Å². The van der Waals surface area contributed by atoms with E-state index in [2.05, 4.69) is 20.8 Å². The number of methoxy groups -OCH3 is 2. The van der Waals surface area contributed by atoms with Gasteiger partial charge in [0.05, 0.1) is 19.9 Å². The van der Waals surface area contributed by atoms with E-state index in [1.54, 1.807) is 44.6 Å². The topological polar surface area (TPSA) is 85.4 Å². The number of benzene rings is 2. The third-order valence-electron chi connectivity index (χ3n) is 3.65. The minimum Gasteiger partial charge on any atom is -0.497 e. The Morgan fingerprint density at radius 3 is 2.52 bits per heavy atom. The average Bonchev–Trinajstić information content (AvgIpc) is 2.69. The molecule has 2 aromatic carbocycles. The van der Waals surface area contributed by atoms with Gasteiger partial charge in [-0.1, -0.05) is 6.07 Å². The molecular formula is C19H17FN4O3. The lowest BCUT2D eigenvalue weighted by Crippen LogP contribution is -2.14. The molecule has 0 atom stereocenters. The van der Waals surface area contributed by atoms with E-state index < -0.39 is 11.7 Å². The zero-order chi connectivity index (χ0) is 19.2. The molecule has 0 aliphatic carbocycles. The van der Waals surface area contributed by atoms with Gasteiger partial charge in [-0.2, -0.15) is 0 Å². The monoisotopic (exact) mass is 368 g/mol. The molecule has 27 heavy (non-hydrogen) atoms. The van der Waals surface area contributed by atoms with Crippen LogP contribution in [-0.4, -0.2) is 30.3 Å². The molecule has 3 rings (SSSR count). The van der Waals surface area contributed by atoms with Gasteiger partial charge >= 0.3 is 0 Å². The summed E-state index contributed by atoms with van der Waals surface area (Å²) < 4.78 is 23.7. The Morgan fingerprint density at radius 2 is 1.85 bits per heavy atom. The molecule has 8 heteroatoms. The predicted octanol–water partition coefficient (Wildman–Crippen LogP) is 3.63. The number of nitrogens with zero attached hydrogens (tertiary/aromatic N) is 2. The largest absolute Gasteiger partial charge is 0.497 e. The van der Waals surface area contributed by atoms with E-state index in [9.17, 15) is 9.18 Å². The van der Waals surface area contributed by atoms with Crippen LogP contribution in [0.5, 0.6) is 11.5 Å². The lowest BCUT2D eigenvalue weighted by molar-refractivity contribution is 0.102. The molecule has 1 amide bonds. The molecule has 0 unspecified atom stereocenters. The summed E-state index contributed by atoms with van der Waals surface area (Å²) in [6, 6.07) is 14.0. The number of nitrogens with one attached hydrogen (secondary N) is 2. The maximum atomic E-state index is 13.2. The highest BCUT2D eigenvalue weighted by Gasteiger charge is 2.11. The molecular weight excluding hydrogens is 351 g/mol. The van der Waals surface area contributed by atoms with Crippen LogP contribution in [0, 0.1) is 5.82 Å². The number of ether oxygens (including phenoxy) is 2. The van der Waals surface area contributed by atoms with Crippen molar-refractivity contribution in [1.29, 1.82) is 0 Å². The Balaban J connectivity index is 1.71. The first-order valence-corrected chi connectivity index (χ1v) is 7.99. The van der Waals surface area contributed by atoms with Crippen molar-refractivity contribution in [2.75, 3.05) is 24.9 Å². The Kier molecular flexibility index (Phi) is 5.46. The number of hydrogen-bond donors (Lipinski definition) is 2. The van der Waals surface area contributed by atoms with Crippen LogP contribution < -0.4 is 20.1 Å². The first-order valence-electron chi connectivity index (χ1n) is 7.99. The number of carbonyl (C=O) groups excluding carboxylic acids is 1. The van der Waals surface area contributed by atoms with Gasteiger partial charge in [0.2, 0.25) is 0 Å².